The van der Waals surface area contributed by atoms with Crippen molar-refractivity contribution in [1.82, 2.24) is 4.57 Å². The van der Waals surface area contributed by atoms with Gasteiger partial charge in [0.2, 0.25) is 0 Å². The van der Waals surface area contributed by atoms with E-state index < -0.39 is 5.41 Å². The number of benzene rings is 12. The van der Waals surface area contributed by atoms with Gasteiger partial charge in [0.15, 0.2) is 0 Å². The van der Waals surface area contributed by atoms with Gasteiger partial charge in [0.1, 0.15) is 0 Å². The Morgan fingerprint density at radius 1 is 0.280 bits per heavy atom. The third-order valence-electron chi connectivity index (χ3n) is 15.5. The second-order valence-electron chi connectivity index (χ2n) is 19.5. The highest BCUT2D eigenvalue weighted by molar-refractivity contribution is 6.11. The lowest BCUT2D eigenvalue weighted by Gasteiger charge is -2.34. The molecule has 352 valence electrons. The summed E-state index contributed by atoms with van der Waals surface area (Å²) >= 11 is 0. The van der Waals surface area contributed by atoms with Gasteiger partial charge in [0.05, 0.1) is 27.8 Å². The smallest absolute Gasteiger partial charge is 0.0714 e. The number of fused-ring (bicyclic) bond motifs is 6. The summed E-state index contributed by atoms with van der Waals surface area (Å²) in [5, 5.41) is 2.45. The van der Waals surface area contributed by atoms with Gasteiger partial charge in [0.25, 0.3) is 0 Å². The summed E-state index contributed by atoms with van der Waals surface area (Å²) in [6, 6.07) is 111. The second kappa shape index (κ2) is 18.4. The molecule has 13 aromatic rings. The van der Waals surface area contributed by atoms with Crippen LogP contribution in [0, 0.1) is 0 Å². The molecule has 2 nitrogen and oxygen atoms in total. The van der Waals surface area contributed by atoms with Gasteiger partial charge in [-0.05, 0) is 115 Å². The Morgan fingerprint density at radius 2 is 0.747 bits per heavy atom. The Labute approximate surface area is 438 Å². The van der Waals surface area contributed by atoms with Crippen molar-refractivity contribution in [2.75, 3.05) is 4.90 Å². The molecule has 0 saturated heterocycles. The van der Waals surface area contributed by atoms with Crippen LogP contribution in [0.4, 0.5) is 17.1 Å². The van der Waals surface area contributed by atoms with E-state index in [2.05, 4.69) is 313 Å². The molecule has 0 radical (unpaired) electrons. The number of hydrogen-bond acceptors (Lipinski definition) is 1. The third kappa shape index (κ3) is 7.25. The lowest BCUT2D eigenvalue weighted by molar-refractivity contribution is 0.768. The Balaban J connectivity index is 0.916. The maximum Gasteiger partial charge on any atom is 0.0714 e. The normalized spacial score (nSPS) is 12.4. The SMILES string of the molecule is c1ccc(-c2ccc(-c3ccc(N(c4ccccc4)c4ccccc4-c4ccccc4-c4ccc5c6ccccc6n(-c6cccc7c6-c6ccccc6C7(c6ccccc6)c6ccccc6)c5c4)cc3)cc2)cc1. The average molecular weight is 955 g/mol. The highest BCUT2D eigenvalue weighted by Crippen LogP contribution is 2.58. The number of nitrogens with zero attached hydrogens (tertiary/aromatic N) is 2. The molecule has 0 N–H and O–H groups in total. The number of rotatable bonds is 10. The summed E-state index contributed by atoms with van der Waals surface area (Å²) < 4.78 is 2.53. The molecule has 2 heteroatoms. The van der Waals surface area contributed by atoms with Crippen molar-refractivity contribution in [2.24, 2.45) is 0 Å². The highest BCUT2D eigenvalue weighted by Gasteiger charge is 2.47. The molecule has 12 aromatic carbocycles. The summed E-state index contributed by atoms with van der Waals surface area (Å²) in [5.74, 6) is 0. The molecule has 0 spiro atoms. The van der Waals surface area contributed by atoms with Crippen molar-refractivity contribution in [1.29, 1.82) is 0 Å². The van der Waals surface area contributed by atoms with Crippen LogP contribution in [0.15, 0.2) is 303 Å². The van der Waals surface area contributed by atoms with Gasteiger partial charge in [-0.15, -0.1) is 0 Å². The summed E-state index contributed by atoms with van der Waals surface area (Å²) in [6.45, 7) is 0. The first-order valence-corrected chi connectivity index (χ1v) is 25.9. The fraction of sp³-hybridized carbons (Fsp3) is 0.0137. The summed E-state index contributed by atoms with van der Waals surface area (Å²) in [5.41, 5.74) is 23.3. The minimum absolute atomic E-state index is 0.508. The Morgan fingerprint density at radius 3 is 1.43 bits per heavy atom. The van der Waals surface area contributed by atoms with E-state index in [4.69, 9.17) is 0 Å². The van der Waals surface area contributed by atoms with Crippen LogP contribution in [0.3, 0.4) is 0 Å². The summed E-state index contributed by atoms with van der Waals surface area (Å²) in [6.07, 6.45) is 0. The van der Waals surface area contributed by atoms with E-state index in [1.165, 1.54) is 88.7 Å². The Bertz CT molecular complexity index is 4160. The van der Waals surface area contributed by atoms with E-state index in [1.54, 1.807) is 0 Å². The third-order valence-corrected chi connectivity index (χ3v) is 15.5. The zero-order chi connectivity index (χ0) is 49.7. The van der Waals surface area contributed by atoms with Crippen molar-refractivity contribution in [2.45, 2.75) is 5.41 Å². The first-order valence-electron chi connectivity index (χ1n) is 25.9. The lowest BCUT2D eigenvalue weighted by atomic mass is 9.68. The monoisotopic (exact) mass is 954 g/mol. The van der Waals surface area contributed by atoms with Gasteiger partial charge in [-0.1, -0.05) is 255 Å². The molecule has 1 aliphatic carbocycles. The van der Waals surface area contributed by atoms with Crippen molar-refractivity contribution < 1.29 is 0 Å². The number of para-hydroxylation sites is 3. The van der Waals surface area contributed by atoms with Gasteiger partial charge in [-0.2, -0.15) is 0 Å². The standard InChI is InChI=1S/C73H50N2/c1-5-22-51(23-6-1)52-40-42-53(43-41-52)54-44-47-59(48-45-54)74(58-28-11-4-12-29-58)68-37-19-16-32-62(68)61-31-14-13-30-60(61)55-46-49-64-63-33-17-20-38-69(63)75(71(64)50-55)70-39-21-36-67-72(70)65-34-15-18-35-66(65)73(67,56-24-7-2-8-25-56)57-26-9-3-10-27-57/h1-50H. The van der Waals surface area contributed by atoms with Crippen LogP contribution in [0.2, 0.25) is 0 Å². The van der Waals surface area contributed by atoms with Crippen LogP contribution in [0.25, 0.3) is 83.1 Å². The second-order valence-corrected chi connectivity index (χ2v) is 19.5. The van der Waals surface area contributed by atoms with E-state index in [0.717, 1.165) is 33.8 Å². The van der Waals surface area contributed by atoms with Gasteiger partial charge in [0, 0.05) is 33.3 Å². The fourth-order valence-electron chi connectivity index (χ4n) is 12.2. The van der Waals surface area contributed by atoms with Crippen molar-refractivity contribution >= 4 is 38.9 Å². The molecular formula is C73H50N2. The molecule has 0 bridgehead atoms. The molecule has 1 aliphatic rings. The maximum atomic E-state index is 2.53. The van der Waals surface area contributed by atoms with Gasteiger partial charge < -0.3 is 9.47 Å². The van der Waals surface area contributed by atoms with Gasteiger partial charge >= 0.3 is 0 Å². The first-order chi connectivity index (χ1) is 37.2. The van der Waals surface area contributed by atoms with Crippen LogP contribution >= 0.6 is 0 Å². The topological polar surface area (TPSA) is 8.17 Å². The zero-order valence-electron chi connectivity index (χ0n) is 41.3. The molecule has 0 aliphatic heterocycles. The fourth-order valence-corrected chi connectivity index (χ4v) is 12.2. The number of hydrogen-bond donors (Lipinski definition) is 0. The van der Waals surface area contributed by atoms with E-state index in [9.17, 15) is 0 Å². The van der Waals surface area contributed by atoms with Crippen LogP contribution in [0.5, 0.6) is 0 Å². The van der Waals surface area contributed by atoms with E-state index in [-0.39, 0.29) is 0 Å². The lowest BCUT2D eigenvalue weighted by Crippen LogP contribution is -2.28. The zero-order valence-corrected chi connectivity index (χ0v) is 41.3. The van der Waals surface area contributed by atoms with E-state index >= 15 is 0 Å². The highest BCUT2D eigenvalue weighted by atomic mass is 15.1. The molecule has 0 amide bonds. The molecule has 14 rings (SSSR count). The van der Waals surface area contributed by atoms with Crippen LogP contribution in [0.1, 0.15) is 22.3 Å². The first kappa shape index (κ1) is 44.0. The minimum Gasteiger partial charge on any atom is -0.310 e. The molecular weight excluding hydrogens is 905 g/mol. The van der Waals surface area contributed by atoms with Crippen molar-refractivity contribution in [3.05, 3.63) is 326 Å². The average Bonchev–Trinajstić information content (AvgIpc) is 3.99. The Hall–Kier alpha value is -9.76. The van der Waals surface area contributed by atoms with Crippen LogP contribution in [-0.4, -0.2) is 4.57 Å². The molecule has 75 heavy (non-hydrogen) atoms. The number of anilines is 3. The quantitative estimate of drug-likeness (QED) is 0.133. The summed E-state index contributed by atoms with van der Waals surface area (Å²) in [4.78, 5) is 2.40. The van der Waals surface area contributed by atoms with Crippen LogP contribution < -0.4 is 4.90 Å². The predicted molar refractivity (Wildman–Crippen MR) is 315 cm³/mol. The van der Waals surface area contributed by atoms with Crippen LogP contribution in [-0.2, 0) is 5.41 Å². The molecule has 1 aromatic heterocycles. The maximum absolute atomic E-state index is 2.53. The Kier molecular flexibility index (Phi) is 10.8. The molecule has 1 heterocycles. The molecule has 0 unspecified atom stereocenters. The largest absolute Gasteiger partial charge is 0.310 e. The van der Waals surface area contributed by atoms with Gasteiger partial charge in [-0.25, -0.2) is 0 Å². The minimum atomic E-state index is -0.508. The van der Waals surface area contributed by atoms with Crippen molar-refractivity contribution in [3.63, 3.8) is 0 Å². The molecule has 0 atom stereocenters. The summed E-state index contributed by atoms with van der Waals surface area (Å²) in [7, 11) is 0. The van der Waals surface area contributed by atoms with E-state index in [1.807, 2.05) is 0 Å². The number of aromatic nitrogens is 1. The predicted octanol–water partition coefficient (Wildman–Crippen LogP) is 19.3. The van der Waals surface area contributed by atoms with E-state index in [0.29, 0.717) is 0 Å². The van der Waals surface area contributed by atoms with Gasteiger partial charge in [-0.3, -0.25) is 0 Å². The molecule has 0 fully saturated rings. The molecule has 0 saturated carbocycles. The van der Waals surface area contributed by atoms with Crippen molar-refractivity contribution in [3.8, 4) is 61.3 Å².